The Morgan fingerprint density at radius 2 is 1.73 bits per heavy atom. The first-order valence-corrected chi connectivity index (χ1v) is 6.41. The van der Waals surface area contributed by atoms with Crippen molar-refractivity contribution >= 4 is 34.8 Å². The monoisotopic (exact) mass is 264 g/mol. The van der Waals surface area contributed by atoms with Gasteiger partial charge in [-0.15, -0.1) is 11.6 Å². The van der Waals surface area contributed by atoms with E-state index in [9.17, 15) is 0 Å². The molecule has 84 valence electrons. The Kier molecular flexibility index (Phi) is 5.81. The quantitative estimate of drug-likeness (QED) is 0.631. The standard InChI is InChI=1S/C12H15Cl3/c1-2-4-9(13)7-8-10-11(14)5-3-6-12(10)15/h3,5-6,9H,2,4,7-8H2,1H3. The molecular weight excluding hydrogens is 250 g/mol. The van der Waals surface area contributed by atoms with Gasteiger partial charge in [0.25, 0.3) is 0 Å². The van der Waals surface area contributed by atoms with E-state index in [0.717, 1.165) is 41.3 Å². The molecule has 1 rings (SSSR count). The first-order valence-electron chi connectivity index (χ1n) is 5.22. The lowest BCUT2D eigenvalue weighted by Gasteiger charge is -2.10. The molecule has 0 aliphatic rings. The molecule has 0 saturated carbocycles. The van der Waals surface area contributed by atoms with Gasteiger partial charge in [-0.3, -0.25) is 0 Å². The van der Waals surface area contributed by atoms with Crippen LogP contribution in [0.4, 0.5) is 0 Å². The summed E-state index contributed by atoms with van der Waals surface area (Å²) >= 11 is 18.3. The van der Waals surface area contributed by atoms with Crippen molar-refractivity contribution in [3.8, 4) is 0 Å². The van der Waals surface area contributed by atoms with E-state index < -0.39 is 0 Å². The minimum atomic E-state index is 0.224. The second-order valence-electron chi connectivity index (χ2n) is 3.62. The molecule has 1 aromatic carbocycles. The summed E-state index contributed by atoms with van der Waals surface area (Å²) in [5, 5.41) is 1.70. The van der Waals surface area contributed by atoms with Crippen molar-refractivity contribution in [1.29, 1.82) is 0 Å². The third-order valence-electron chi connectivity index (χ3n) is 2.37. The van der Waals surface area contributed by atoms with Crippen LogP contribution >= 0.6 is 34.8 Å². The minimum absolute atomic E-state index is 0.224. The van der Waals surface area contributed by atoms with Crippen LogP contribution in [0.5, 0.6) is 0 Å². The van der Waals surface area contributed by atoms with Crippen molar-refractivity contribution in [2.75, 3.05) is 0 Å². The Morgan fingerprint density at radius 1 is 1.13 bits per heavy atom. The molecule has 0 saturated heterocycles. The maximum Gasteiger partial charge on any atom is 0.0452 e. The zero-order chi connectivity index (χ0) is 11.3. The van der Waals surface area contributed by atoms with Crippen LogP contribution in [0, 0.1) is 0 Å². The average Bonchev–Trinajstić information content (AvgIpc) is 2.17. The van der Waals surface area contributed by atoms with Crippen LogP contribution in [0.3, 0.4) is 0 Å². The van der Waals surface area contributed by atoms with E-state index in [0.29, 0.717) is 0 Å². The Morgan fingerprint density at radius 3 is 2.27 bits per heavy atom. The van der Waals surface area contributed by atoms with Gasteiger partial charge < -0.3 is 0 Å². The van der Waals surface area contributed by atoms with Gasteiger partial charge in [0.2, 0.25) is 0 Å². The van der Waals surface area contributed by atoms with Crippen molar-refractivity contribution in [3.63, 3.8) is 0 Å². The topological polar surface area (TPSA) is 0 Å². The van der Waals surface area contributed by atoms with Gasteiger partial charge in [-0.2, -0.15) is 0 Å². The summed E-state index contributed by atoms with van der Waals surface area (Å²) in [6, 6.07) is 5.59. The summed E-state index contributed by atoms with van der Waals surface area (Å²) in [7, 11) is 0. The molecule has 15 heavy (non-hydrogen) atoms. The second kappa shape index (κ2) is 6.62. The smallest absolute Gasteiger partial charge is 0.0452 e. The maximum atomic E-state index is 6.15. The van der Waals surface area contributed by atoms with Crippen LogP contribution in [0.2, 0.25) is 10.0 Å². The van der Waals surface area contributed by atoms with Crippen molar-refractivity contribution in [1.82, 2.24) is 0 Å². The van der Waals surface area contributed by atoms with Gasteiger partial charge in [-0.1, -0.05) is 42.6 Å². The van der Waals surface area contributed by atoms with Crippen molar-refractivity contribution < 1.29 is 0 Å². The average molecular weight is 266 g/mol. The predicted octanol–water partition coefficient (Wildman–Crippen LogP) is 5.33. The first kappa shape index (κ1) is 13.2. The number of hydrogen-bond acceptors (Lipinski definition) is 0. The summed E-state index contributed by atoms with van der Waals surface area (Å²) < 4.78 is 0. The Hall–Kier alpha value is 0.0900. The van der Waals surface area contributed by atoms with Crippen molar-refractivity contribution in [3.05, 3.63) is 33.8 Å². The Labute approximate surface area is 107 Å². The highest BCUT2D eigenvalue weighted by Crippen LogP contribution is 2.26. The molecule has 3 heteroatoms. The molecular formula is C12H15Cl3. The zero-order valence-corrected chi connectivity index (χ0v) is 11.0. The number of hydrogen-bond donors (Lipinski definition) is 0. The number of rotatable bonds is 5. The highest BCUT2D eigenvalue weighted by molar-refractivity contribution is 6.36. The molecule has 0 nitrogen and oxygen atoms in total. The third-order valence-corrected chi connectivity index (χ3v) is 3.52. The fraction of sp³-hybridized carbons (Fsp3) is 0.500. The van der Waals surface area contributed by atoms with Crippen LogP contribution in [-0.4, -0.2) is 5.38 Å². The summed E-state index contributed by atoms with van der Waals surface area (Å²) in [6.07, 6.45) is 3.94. The molecule has 0 aromatic heterocycles. The van der Waals surface area contributed by atoms with Gasteiger partial charge in [-0.05, 0) is 37.0 Å². The number of halogens is 3. The molecule has 1 unspecified atom stereocenters. The van der Waals surface area contributed by atoms with E-state index in [1.165, 1.54) is 0 Å². The van der Waals surface area contributed by atoms with Crippen molar-refractivity contribution in [2.24, 2.45) is 0 Å². The molecule has 0 spiro atoms. The Bertz CT molecular complexity index is 289. The van der Waals surface area contributed by atoms with E-state index in [2.05, 4.69) is 6.92 Å². The molecule has 0 radical (unpaired) electrons. The largest absolute Gasteiger partial charge is 0.123 e. The summed E-state index contributed by atoms with van der Waals surface area (Å²) in [5.74, 6) is 0. The molecule has 0 amide bonds. The van der Waals surface area contributed by atoms with Crippen molar-refractivity contribution in [2.45, 2.75) is 38.0 Å². The highest BCUT2D eigenvalue weighted by atomic mass is 35.5. The summed E-state index contributed by atoms with van der Waals surface area (Å²) in [4.78, 5) is 0. The SMILES string of the molecule is CCCC(Cl)CCc1c(Cl)cccc1Cl. The van der Waals surface area contributed by atoms with E-state index in [4.69, 9.17) is 34.8 Å². The summed E-state index contributed by atoms with van der Waals surface area (Å²) in [5.41, 5.74) is 1.02. The number of alkyl halides is 1. The van der Waals surface area contributed by atoms with Gasteiger partial charge in [0.05, 0.1) is 0 Å². The van der Waals surface area contributed by atoms with Crippen LogP contribution < -0.4 is 0 Å². The van der Waals surface area contributed by atoms with Crippen LogP contribution in [0.1, 0.15) is 31.7 Å². The molecule has 0 N–H and O–H groups in total. The molecule has 0 aliphatic carbocycles. The molecule has 0 fully saturated rings. The first-order chi connectivity index (χ1) is 7.15. The second-order valence-corrected chi connectivity index (χ2v) is 5.06. The van der Waals surface area contributed by atoms with Crippen LogP contribution in [0.15, 0.2) is 18.2 Å². The number of benzene rings is 1. The third kappa shape index (κ3) is 4.22. The van der Waals surface area contributed by atoms with Crippen LogP contribution in [-0.2, 0) is 6.42 Å². The molecule has 1 atom stereocenters. The van der Waals surface area contributed by atoms with Gasteiger partial charge in [0.1, 0.15) is 0 Å². The zero-order valence-electron chi connectivity index (χ0n) is 8.77. The molecule has 0 heterocycles. The van der Waals surface area contributed by atoms with Gasteiger partial charge in [0, 0.05) is 15.4 Å². The van der Waals surface area contributed by atoms with E-state index in [1.54, 1.807) is 0 Å². The molecule has 0 aliphatic heterocycles. The summed E-state index contributed by atoms with van der Waals surface area (Å²) in [6.45, 7) is 2.14. The lowest BCUT2D eigenvalue weighted by atomic mass is 10.1. The van der Waals surface area contributed by atoms with Gasteiger partial charge in [0.15, 0.2) is 0 Å². The lowest BCUT2D eigenvalue weighted by molar-refractivity contribution is 0.676. The fourth-order valence-electron chi connectivity index (χ4n) is 1.53. The van der Waals surface area contributed by atoms with E-state index in [1.807, 2.05) is 18.2 Å². The molecule has 1 aromatic rings. The fourth-order valence-corrected chi connectivity index (χ4v) is 2.44. The maximum absolute atomic E-state index is 6.15. The molecule has 0 bridgehead atoms. The van der Waals surface area contributed by atoms with Crippen LogP contribution in [0.25, 0.3) is 0 Å². The highest BCUT2D eigenvalue weighted by Gasteiger charge is 2.08. The minimum Gasteiger partial charge on any atom is -0.123 e. The van der Waals surface area contributed by atoms with E-state index >= 15 is 0 Å². The van der Waals surface area contributed by atoms with Gasteiger partial charge in [-0.25, -0.2) is 0 Å². The predicted molar refractivity (Wildman–Crippen MR) is 69.3 cm³/mol. The Balaban J connectivity index is 2.57. The lowest BCUT2D eigenvalue weighted by Crippen LogP contribution is -2.00. The van der Waals surface area contributed by atoms with Gasteiger partial charge >= 0.3 is 0 Å². The van der Waals surface area contributed by atoms with E-state index in [-0.39, 0.29) is 5.38 Å². The normalized spacial score (nSPS) is 12.8.